The van der Waals surface area contributed by atoms with Crippen LogP contribution in [0.1, 0.15) is 156 Å². The van der Waals surface area contributed by atoms with Gasteiger partial charge in [0.25, 0.3) is 0 Å². The van der Waals surface area contributed by atoms with Gasteiger partial charge in [-0.2, -0.15) is 0 Å². The zero-order chi connectivity index (χ0) is 31.4. The minimum atomic E-state index is 0. The Morgan fingerprint density at radius 1 is 0.615 bits per heavy atom. The van der Waals surface area contributed by atoms with E-state index >= 15 is 0 Å². The highest BCUT2D eigenvalue weighted by atomic mass is 16.4. The molecule has 4 heteroatoms. The van der Waals surface area contributed by atoms with Gasteiger partial charge in [0.2, 0.25) is 0 Å². The molecule has 3 N–H and O–H groups in total. The van der Waals surface area contributed by atoms with Gasteiger partial charge in [0.15, 0.2) is 0 Å². The summed E-state index contributed by atoms with van der Waals surface area (Å²) in [5.41, 5.74) is 5.23. The molecule has 0 aromatic heterocycles. The summed E-state index contributed by atoms with van der Waals surface area (Å²) in [5, 5.41) is 10.7. The first-order chi connectivity index (χ1) is 17.6. The van der Waals surface area contributed by atoms with Crippen LogP contribution in [0, 0.1) is 35.5 Å². The zero-order valence-corrected chi connectivity index (χ0v) is 29.2. The quantitative estimate of drug-likeness (QED) is 0.108. The van der Waals surface area contributed by atoms with Crippen molar-refractivity contribution in [2.24, 2.45) is 51.4 Å². The highest BCUT2D eigenvalue weighted by Crippen LogP contribution is 2.01. The van der Waals surface area contributed by atoms with Crippen molar-refractivity contribution in [2.45, 2.75) is 156 Å². The Labute approximate surface area is 250 Å². The Morgan fingerprint density at radius 2 is 0.949 bits per heavy atom. The average Bonchev–Trinajstić information content (AvgIpc) is 2.78. The van der Waals surface area contributed by atoms with E-state index in [9.17, 15) is 0 Å². The van der Waals surface area contributed by atoms with Gasteiger partial charge in [0.05, 0.1) is 0 Å². The predicted octanol–water partition coefficient (Wildman–Crippen LogP) is 12.0. The Bertz CT molecular complexity index is 384. The smallest absolute Gasteiger partial charge is 0.0438 e. The molecule has 0 aliphatic heterocycles. The van der Waals surface area contributed by atoms with E-state index in [0.29, 0.717) is 5.92 Å². The molecule has 0 aromatic carbocycles. The molecule has 4 nitrogen and oxygen atoms in total. The van der Waals surface area contributed by atoms with Crippen molar-refractivity contribution < 1.29 is 5.21 Å². The van der Waals surface area contributed by atoms with Crippen LogP contribution in [-0.2, 0) is 0 Å². The fourth-order valence-corrected chi connectivity index (χ4v) is 2.40. The molecule has 0 spiro atoms. The van der Waals surface area contributed by atoms with Crippen LogP contribution >= 0.6 is 0 Å². The van der Waals surface area contributed by atoms with Gasteiger partial charge in [0.1, 0.15) is 0 Å². The molecule has 0 aliphatic rings. The van der Waals surface area contributed by atoms with E-state index in [0.717, 1.165) is 61.8 Å². The van der Waals surface area contributed by atoms with Gasteiger partial charge in [-0.05, 0) is 74.0 Å². The number of aliphatic imine (C=N–C) groups is 1. The molecule has 0 saturated carbocycles. The van der Waals surface area contributed by atoms with Gasteiger partial charge in [0, 0.05) is 13.3 Å². The molecule has 0 aliphatic carbocycles. The number of hydrogen-bond acceptors (Lipinski definition) is 4. The number of nitrogens with zero attached hydrogens (tertiary/aromatic N) is 2. The third-order valence-corrected chi connectivity index (χ3v) is 4.53. The van der Waals surface area contributed by atoms with Crippen molar-refractivity contribution in [1.82, 2.24) is 0 Å². The largest absolute Gasteiger partial charge is 0.411 e. The molecule has 0 saturated heterocycles. The molecular weight excluding hydrogens is 478 g/mol. The van der Waals surface area contributed by atoms with E-state index in [1.165, 1.54) is 31.9 Å². The van der Waals surface area contributed by atoms with Crippen LogP contribution in [0.3, 0.4) is 0 Å². The van der Waals surface area contributed by atoms with Gasteiger partial charge in [-0.25, -0.2) is 0 Å². The fourth-order valence-electron chi connectivity index (χ4n) is 2.40. The Balaban J connectivity index is -0.0000000628. The normalized spacial score (nSPS) is 10.1. The van der Waals surface area contributed by atoms with E-state index in [1.54, 1.807) is 0 Å². The molecule has 0 heterocycles. The molecule has 39 heavy (non-hydrogen) atoms. The lowest BCUT2D eigenvalue weighted by molar-refractivity contribution is 0.319. The first-order valence-electron chi connectivity index (χ1n) is 15.5. The summed E-state index contributed by atoms with van der Waals surface area (Å²) in [5.74, 6) is 4.70. The lowest BCUT2D eigenvalue weighted by Gasteiger charge is -1.96. The van der Waals surface area contributed by atoms with Gasteiger partial charge in [-0.15, -0.1) is 11.7 Å². The highest BCUT2D eigenvalue weighted by molar-refractivity contribution is 5.57. The lowest BCUT2D eigenvalue weighted by Crippen LogP contribution is -2.01. The van der Waals surface area contributed by atoms with E-state index in [-0.39, 0.29) is 7.43 Å². The number of oxime groups is 1. The van der Waals surface area contributed by atoms with Crippen molar-refractivity contribution >= 4 is 12.4 Å². The van der Waals surface area contributed by atoms with Crippen molar-refractivity contribution in [3.8, 4) is 0 Å². The van der Waals surface area contributed by atoms with Crippen LogP contribution in [0.15, 0.2) is 22.8 Å². The first kappa shape index (κ1) is 54.0. The second kappa shape index (κ2) is 49.8. The second-order valence-corrected chi connectivity index (χ2v) is 12.3. The molecule has 0 amide bonds. The number of rotatable bonds is 12. The lowest BCUT2D eigenvalue weighted by atomic mass is 10.1. The summed E-state index contributed by atoms with van der Waals surface area (Å²) in [7, 11) is 1.81. The van der Waals surface area contributed by atoms with Crippen LogP contribution in [-0.4, -0.2) is 31.2 Å². The van der Waals surface area contributed by atoms with E-state index < -0.39 is 0 Å². The summed E-state index contributed by atoms with van der Waals surface area (Å²) in [4.78, 5) is 3.85. The van der Waals surface area contributed by atoms with E-state index in [2.05, 4.69) is 114 Å². The van der Waals surface area contributed by atoms with Gasteiger partial charge in [-0.3, -0.25) is 0 Å². The molecular formula is C35H81N3O. The average molecular weight is 560 g/mol. The van der Waals surface area contributed by atoms with Gasteiger partial charge < -0.3 is 15.9 Å². The molecule has 0 rings (SSSR count). The highest BCUT2D eigenvalue weighted by Gasteiger charge is 1.87. The summed E-state index contributed by atoms with van der Waals surface area (Å²) in [6.45, 7) is 35.1. The van der Waals surface area contributed by atoms with Crippen molar-refractivity contribution in [3.63, 3.8) is 0 Å². The van der Waals surface area contributed by atoms with Crippen molar-refractivity contribution in [1.29, 1.82) is 0 Å². The molecule has 0 atom stereocenters. The molecule has 0 unspecified atom stereocenters. The Kier molecular flexibility index (Phi) is 68.9. The van der Waals surface area contributed by atoms with E-state index in [4.69, 9.17) is 10.9 Å². The number of nitrogens with two attached hydrogens (primary N) is 1. The SMILES string of the molecule is C.C=CCC(C)C.CC(C)C/C=N/O.CC(C)CCN.CCCC(C)C.CCCC(C)C.CN=CCC(C)C. The monoisotopic (exact) mass is 560 g/mol. The standard InChI is InChI=1S/C6H13N.2C6H14.C6H12.C5H11NO.C5H13N.CH4/c1-6(2)4-5-7-3;3*1-4-5-6(2)3;1-5(2)3-4-6-7;1-5(2)3-4-6;/h5-6H,4H2,1-3H3;2*6H,4-5H2,1-3H3;4,6H,1,5H2,2-3H3;4-5,7H,3H2,1-2H3;5H,3-4,6H2,1-2H3;1H4/b;;;;6-4+;;. The van der Waals surface area contributed by atoms with Crippen LogP contribution in [0.25, 0.3) is 0 Å². The summed E-state index contributed by atoms with van der Waals surface area (Å²) < 4.78 is 0. The summed E-state index contributed by atoms with van der Waals surface area (Å²) in [6, 6.07) is 0. The van der Waals surface area contributed by atoms with E-state index in [1.807, 2.05) is 19.3 Å². The molecule has 0 aromatic rings. The Morgan fingerprint density at radius 3 is 1.00 bits per heavy atom. The molecule has 0 radical (unpaired) electrons. The summed E-state index contributed by atoms with van der Waals surface area (Å²) >= 11 is 0. The number of hydrogen-bond donors (Lipinski definition) is 2. The molecule has 0 fully saturated rings. The van der Waals surface area contributed by atoms with Crippen LogP contribution in [0.4, 0.5) is 0 Å². The maximum Gasteiger partial charge on any atom is 0.0438 e. The van der Waals surface area contributed by atoms with Crippen LogP contribution < -0.4 is 5.73 Å². The fraction of sp³-hybridized carbons (Fsp3) is 0.886. The maximum atomic E-state index is 7.88. The van der Waals surface area contributed by atoms with Gasteiger partial charge in [-0.1, -0.05) is 136 Å². The van der Waals surface area contributed by atoms with Crippen molar-refractivity contribution in [2.75, 3.05) is 13.6 Å². The summed E-state index contributed by atoms with van der Waals surface area (Å²) in [6.07, 6.45) is 15.1. The minimum Gasteiger partial charge on any atom is -0.411 e. The van der Waals surface area contributed by atoms with Gasteiger partial charge >= 0.3 is 0 Å². The first-order valence-corrected chi connectivity index (χ1v) is 15.5. The number of allylic oxidation sites excluding steroid dienone is 1. The Hall–Kier alpha value is -1.16. The maximum absolute atomic E-state index is 7.88. The second-order valence-electron chi connectivity index (χ2n) is 12.3. The zero-order valence-electron chi connectivity index (χ0n) is 29.2. The molecule has 0 bridgehead atoms. The van der Waals surface area contributed by atoms with Crippen LogP contribution in [0.2, 0.25) is 0 Å². The van der Waals surface area contributed by atoms with Crippen LogP contribution in [0.5, 0.6) is 0 Å². The topological polar surface area (TPSA) is 71.0 Å². The third-order valence-electron chi connectivity index (χ3n) is 4.53. The predicted molar refractivity (Wildman–Crippen MR) is 188 cm³/mol. The molecule has 242 valence electrons. The minimum absolute atomic E-state index is 0. The third kappa shape index (κ3) is 126. The van der Waals surface area contributed by atoms with Crippen molar-refractivity contribution in [3.05, 3.63) is 12.7 Å².